The molecule has 0 bridgehead atoms. The van der Waals surface area contributed by atoms with Crippen LogP contribution in [0.3, 0.4) is 0 Å². The molecule has 0 atom stereocenters. The van der Waals surface area contributed by atoms with E-state index in [0.717, 1.165) is 16.8 Å². The molecule has 0 saturated carbocycles. The summed E-state index contributed by atoms with van der Waals surface area (Å²) in [7, 11) is 1.84. The van der Waals surface area contributed by atoms with E-state index in [-0.39, 0.29) is 0 Å². The summed E-state index contributed by atoms with van der Waals surface area (Å²) in [6.07, 6.45) is 0. The highest BCUT2D eigenvalue weighted by atomic mass is 32.2. The fourth-order valence-corrected chi connectivity index (χ4v) is 2.88. The molecule has 0 radical (unpaired) electrons. The van der Waals surface area contributed by atoms with Crippen molar-refractivity contribution in [2.75, 3.05) is 7.05 Å². The van der Waals surface area contributed by atoms with Gasteiger partial charge in [0.2, 0.25) is 0 Å². The zero-order valence-corrected chi connectivity index (χ0v) is 13.3. The van der Waals surface area contributed by atoms with Crippen molar-refractivity contribution in [2.24, 2.45) is 4.99 Å². The van der Waals surface area contributed by atoms with Crippen LogP contribution >= 0.6 is 11.8 Å². The Balaban J connectivity index is 1.74. The highest BCUT2D eigenvalue weighted by Gasteiger charge is 2.16. The predicted octanol–water partition coefficient (Wildman–Crippen LogP) is 4.00. The van der Waals surface area contributed by atoms with Crippen LogP contribution in [0.15, 0.2) is 58.9 Å². The minimum atomic E-state index is -0.860. The van der Waals surface area contributed by atoms with Gasteiger partial charge < -0.3 is 0 Å². The lowest BCUT2D eigenvalue weighted by atomic mass is 10.2. The van der Waals surface area contributed by atoms with Crippen molar-refractivity contribution in [1.29, 1.82) is 0 Å². The van der Waals surface area contributed by atoms with Crippen molar-refractivity contribution in [2.45, 2.75) is 6.54 Å². The van der Waals surface area contributed by atoms with Crippen molar-refractivity contribution in [3.8, 4) is 0 Å². The van der Waals surface area contributed by atoms with Crippen molar-refractivity contribution < 1.29 is 8.78 Å². The molecular formula is C17H15F2N3S. The summed E-state index contributed by atoms with van der Waals surface area (Å²) < 4.78 is 26.4. The van der Waals surface area contributed by atoms with Gasteiger partial charge in [-0.15, -0.1) is 0 Å². The molecule has 2 aromatic rings. The third kappa shape index (κ3) is 3.71. The van der Waals surface area contributed by atoms with Gasteiger partial charge in [0.25, 0.3) is 0 Å². The topological polar surface area (TPSA) is 27.6 Å². The number of amidine groups is 1. The second-order valence-electron chi connectivity index (χ2n) is 5.03. The van der Waals surface area contributed by atoms with E-state index in [1.54, 1.807) is 5.01 Å². The maximum atomic E-state index is 13.3. The molecule has 0 aliphatic carbocycles. The Labute approximate surface area is 137 Å². The van der Waals surface area contributed by atoms with Gasteiger partial charge in [-0.05, 0) is 23.8 Å². The van der Waals surface area contributed by atoms with E-state index < -0.39 is 11.6 Å². The molecule has 0 unspecified atom stereocenters. The van der Waals surface area contributed by atoms with Crippen LogP contribution in [0.25, 0.3) is 5.70 Å². The first kappa shape index (κ1) is 15.6. The number of nitrogens with zero attached hydrogens (tertiary/aromatic N) is 2. The van der Waals surface area contributed by atoms with E-state index in [0.29, 0.717) is 17.8 Å². The monoisotopic (exact) mass is 331 g/mol. The molecule has 1 N–H and O–H groups in total. The molecule has 3 nitrogen and oxygen atoms in total. The average Bonchev–Trinajstić information content (AvgIpc) is 2.57. The molecule has 0 aromatic heterocycles. The van der Waals surface area contributed by atoms with Gasteiger partial charge >= 0.3 is 0 Å². The van der Waals surface area contributed by atoms with Crippen molar-refractivity contribution >= 4 is 22.6 Å². The normalized spacial score (nSPS) is 16.2. The van der Waals surface area contributed by atoms with Crippen LogP contribution in [0.4, 0.5) is 8.78 Å². The van der Waals surface area contributed by atoms with E-state index in [9.17, 15) is 8.78 Å². The van der Waals surface area contributed by atoms with Crippen LogP contribution in [0.5, 0.6) is 0 Å². The molecule has 0 amide bonds. The largest absolute Gasteiger partial charge is 0.296 e. The standard InChI is InChI=1S/C17H15F2N3S/c1-22-17(20-10-12-5-3-2-4-6-12)23-11-16(21-22)13-7-8-14(18)15(19)9-13/h2-9,11,21H,10H2,1H3. The van der Waals surface area contributed by atoms with Crippen LogP contribution in [0.1, 0.15) is 11.1 Å². The Kier molecular flexibility index (Phi) is 4.62. The van der Waals surface area contributed by atoms with Crippen LogP contribution < -0.4 is 5.43 Å². The van der Waals surface area contributed by atoms with Gasteiger partial charge in [0.15, 0.2) is 16.8 Å². The quantitative estimate of drug-likeness (QED) is 0.921. The molecule has 118 valence electrons. The number of nitrogens with one attached hydrogen (secondary N) is 1. The number of halogens is 2. The molecule has 1 aliphatic rings. The van der Waals surface area contributed by atoms with E-state index in [1.165, 1.54) is 23.9 Å². The summed E-state index contributed by atoms with van der Waals surface area (Å²) in [6.45, 7) is 0.587. The number of thioether (sulfide) groups is 1. The Bertz CT molecular complexity index is 760. The molecule has 6 heteroatoms. The van der Waals surface area contributed by atoms with Gasteiger partial charge in [0.1, 0.15) is 0 Å². The lowest BCUT2D eigenvalue weighted by Gasteiger charge is -2.28. The number of aliphatic imine (C=N–C) groups is 1. The summed E-state index contributed by atoms with van der Waals surface area (Å²) in [5.41, 5.74) is 5.54. The number of benzene rings is 2. The summed E-state index contributed by atoms with van der Waals surface area (Å²) in [6, 6.07) is 13.8. The number of hydrogen-bond donors (Lipinski definition) is 1. The maximum absolute atomic E-state index is 13.3. The predicted molar refractivity (Wildman–Crippen MR) is 90.4 cm³/mol. The summed E-state index contributed by atoms with van der Waals surface area (Å²) in [4.78, 5) is 4.56. The Hall–Kier alpha value is -2.34. The fourth-order valence-electron chi connectivity index (χ4n) is 2.13. The zero-order chi connectivity index (χ0) is 16.2. The summed E-state index contributed by atoms with van der Waals surface area (Å²) in [5.74, 6) is -1.71. The molecule has 1 heterocycles. The molecule has 0 spiro atoms. The average molecular weight is 331 g/mol. The smallest absolute Gasteiger partial charge is 0.182 e. The van der Waals surface area contributed by atoms with Gasteiger partial charge in [-0.25, -0.2) is 8.78 Å². The Morgan fingerprint density at radius 2 is 1.87 bits per heavy atom. The van der Waals surface area contributed by atoms with Crippen LogP contribution in [-0.4, -0.2) is 17.2 Å². The van der Waals surface area contributed by atoms with Crippen LogP contribution in [-0.2, 0) is 6.54 Å². The summed E-state index contributed by atoms with van der Waals surface area (Å²) >= 11 is 1.44. The van der Waals surface area contributed by atoms with Gasteiger partial charge in [0, 0.05) is 18.0 Å². The van der Waals surface area contributed by atoms with Gasteiger partial charge in [-0.2, -0.15) is 0 Å². The van der Waals surface area contributed by atoms with Crippen molar-refractivity contribution in [3.05, 3.63) is 76.7 Å². The van der Waals surface area contributed by atoms with Gasteiger partial charge in [-0.3, -0.25) is 15.4 Å². The third-order valence-electron chi connectivity index (χ3n) is 3.33. The van der Waals surface area contributed by atoms with E-state index in [2.05, 4.69) is 10.4 Å². The van der Waals surface area contributed by atoms with E-state index in [1.807, 2.05) is 42.8 Å². The van der Waals surface area contributed by atoms with Crippen molar-refractivity contribution in [3.63, 3.8) is 0 Å². The second-order valence-corrected chi connectivity index (χ2v) is 5.87. The fraction of sp³-hybridized carbons (Fsp3) is 0.118. The van der Waals surface area contributed by atoms with Crippen LogP contribution in [0, 0.1) is 11.6 Å². The lowest BCUT2D eigenvalue weighted by molar-refractivity contribution is 0.450. The Morgan fingerprint density at radius 1 is 1.09 bits per heavy atom. The van der Waals surface area contributed by atoms with Gasteiger partial charge in [0.05, 0.1) is 12.2 Å². The van der Waals surface area contributed by atoms with E-state index >= 15 is 0 Å². The lowest BCUT2D eigenvalue weighted by Crippen LogP contribution is -2.39. The van der Waals surface area contributed by atoms with E-state index in [4.69, 9.17) is 0 Å². The first-order valence-electron chi connectivity index (χ1n) is 7.04. The molecule has 23 heavy (non-hydrogen) atoms. The van der Waals surface area contributed by atoms with Crippen molar-refractivity contribution in [1.82, 2.24) is 10.4 Å². The number of hydrazine groups is 1. The molecule has 2 aromatic carbocycles. The Morgan fingerprint density at radius 3 is 2.57 bits per heavy atom. The first-order valence-corrected chi connectivity index (χ1v) is 7.92. The highest BCUT2D eigenvalue weighted by molar-refractivity contribution is 8.16. The first-order chi connectivity index (χ1) is 11.1. The maximum Gasteiger partial charge on any atom is 0.182 e. The molecule has 0 fully saturated rings. The minimum Gasteiger partial charge on any atom is -0.296 e. The number of hydrogen-bond acceptors (Lipinski definition) is 3. The van der Waals surface area contributed by atoms with Gasteiger partial charge in [-0.1, -0.05) is 42.1 Å². The highest BCUT2D eigenvalue weighted by Crippen LogP contribution is 2.24. The molecule has 0 saturated heterocycles. The SMILES string of the molecule is CN1NC(c2ccc(F)c(F)c2)=CSC1=NCc1ccccc1. The minimum absolute atomic E-state index is 0.587. The molecular weight excluding hydrogens is 316 g/mol. The molecule has 1 aliphatic heterocycles. The summed E-state index contributed by atoms with van der Waals surface area (Å²) in [5, 5.41) is 4.42. The second kappa shape index (κ2) is 6.83. The zero-order valence-electron chi connectivity index (χ0n) is 12.5. The number of rotatable bonds is 3. The molecule has 3 rings (SSSR count). The van der Waals surface area contributed by atoms with Crippen LogP contribution in [0.2, 0.25) is 0 Å². The third-order valence-corrected chi connectivity index (χ3v) is 4.29.